The van der Waals surface area contributed by atoms with Gasteiger partial charge in [0.25, 0.3) is 0 Å². The molecule has 0 aromatic rings. The molecule has 0 aliphatic heterocycles. The van der Waals surface area contributed by atoms with Crippen molar-refractivity contribution in [1.82, 2.24) is 0 Å². The molecule has 0 aromatic heterocycles. The van der Waals surface area contributed by atoms with Crippen molar-refractivity contribution in [2.75, 3.05) is 13.2 Å². The summed E-state index contributed by atoms with van der Waals surface area (Å²) in [5.74, 6) is 0.795. The van der Waals surface area contributed by atoms with Gasteiger partial charge >= 0.3 is 0 Å². The van der Waals surface area contributed by atoms with Gasteiger partial charge in [-0.2, -0.15) is 0 Å². The molecule has 0 fully saturated rings. The molecule has 2 nitrogen and oxygen atoms in total. The zero-order valence-corrected chi connectivity index (χ0v) is 14.0. The monoisotopic (exact) mass is 298 g/mol. The lowest BCUT2D eigenvalue weighted by molar-refractivity contribution is 0.251. The van der Waals surface area contributed by atoms with Crippen LogP contribution in [0.2, 0.25) is 0 Å². The minimum absolute atomic E-state index is 0.671. The van der Waals surface area contributed by atoms with Crippen LogP contribution in [0, 0.1) is 5.92 Å². The smallest absolute Gasteiger partial charge is 0.244 e. The quantitative estimate of drug-likeness (QED) is 0.322. The van der Waals surface area contributed by atoms with Crippen LogP contribution in [0.5, 0.6) is 0 Å². The minimum atomic E-state index is -2.26. The van der Waals surface area contributed by atoms with Crippen molar-refractivity contribution in [2.45, 2.75) is 59.3 Å². The first kappa shape index (κ1) is 17.9. The molecule has 0 spiro atoms. The maximum Gasteiger partial charge on any atom is 0.244 e. The SMILES string of the molecule is CCCCOP(=S)(S)OCCCCCC(C)C. The lowest BCUT2D eigenvalue weighted by Gasteiger charge is -2.16. The van der Waals surface area contributed by atoms with Crippen LogP contribution in [-0.4, -0.2) is 13.2 Å². The predicted octanol–water partition coefficient (Wildman–Crippen LogP) is 5.19. The van der Waals surface area contributed by atoms with E-state index in [1.165, 1.54) is 19.3 Å². The first-order chi connectivity index (χ1) is 7.98. The Kier molecular flexibility index (Phi) is 11.4. The van der Waals surface area contributed by atoms with Gasteiger partial charge in [0, 0.05) is 0 Å². The Morgan fingerprint density at radius 1 is 1.06 bits per heavy atom. The molecule has 0 amide bonds. The standard InChI is InChI=1S/C12H27O2PS2/c1-4-5-10-13-15(16,17)14-11-8-6-7-9-12(2)3/h12H,4-11H2,1-3H3,(H,16,17). The van der Waals surface area contributed by atoms with Crippen LogP contribution in [0.4, 0.5) is 0 Å². The highest BCUT2D eigenvalue weighted by Crippen LogP contribution is 2.53. The van der Waals surface area contributed by atoms with Crippen molar-refractivity contribution in [3.63, 3.8) is 0 Å². The normalized spacial score (nSPS) is 15.1. The zero-order valence-electron chi connectivity index (χ0n) is 11.4. The molecule has 0 saturated carbocycles. The maximum atomic E-state index is 5.55. The third-order valence-corrected chi connectivity index (χ3v) is 4.78. The van der Waals surface area contributed by atoms with Crippen molar-refractivity contribution in [2.24, 2.45) is 5.92 Å². The molecule has 0 saturated heterocycles. The Hall–Kier alpha value is 0.920. The Morgan fingerprint density at radius 2 is 1.65 bits per heavy atom. The van der Waals surface area contributed by atoms with E-state index in [4.69, 9.17) is 20.9 Å². The summed E-state index contributed by atoms with van der Waals surface area (Å²) in [7, 11) is 0. The van der Waals surface area contributed by atoms with Crippen molar-refractivity contribution >= 4 is 29.7 Å². The molecule has 1 atom stereocenters. The average molecular weight is 298 g/mol. The van der Waals surface area contributed by atoms with E-state index in [0.29, 0.717) is 13.2 Å². The fourth-order valence-corrected chi connectivity index (χ4v) is 3.10. The van der Waals surface area contributed by atoms with Crippen LogP contribution in [0.1, 0.15) is 59.3 Å². The molecule has 0 bridgehead atoms. The topological polar surface area (TPSA) is 18.5 Å². The van der Waals surface area contributed by atoms with Crippen LogP contribution in [-0.2, 0) is 20.9 Å². The van der Waals surface area contributed by atoms with E-state index in [-0.39, 0.29) is 0 Å². The molecule has 0 aromatic carbocycles. The van der Waals surface area contributed by atoms with Crippen molar-refractivity contribution < 1.29 is 9.05 Å². The van der Waals surface area contributed by atoms with Crippen molar-refractivity contribution in [1.29, 1.82) is 0 Å². The lowest BCUT2D eigenvalue weighted by Crippen LogP contribution is -1.96. The molecular formula is C12H27O2PS2. The maximum absolute atomic E-state index is 5.55. The Balaban J connectivity index is 3.42. The Morgan fingerprint density at radius 3 is 2.18 bits per heavy atom. The number of hydrogen-bond acceptors (Lipinski definition) is 3. The van der Waals surface area contributed by atoms with Gasteiger partial charge in [-0.15, -0.1) is 0 Å². The minimum Gasteiger partial charge on any atom is -0.322 e. The third-order valence-electron chi connectivity index (χ3n) is 2.43. The van der Waals surface area contributed by atoms with Gasteiger partial charge in [-0.05, 0) is 30.6 Å². The summed E-state index contributed by atoms with van der Waals surface area (Å²) >= 11 is 9.51. The second-order valence-electron chi connectivity index (χ2n) is 4.73. The zero-order chi connectivity index (χ0) is 13.1. The van der Waals surface area contributed by atoms with Crippen LogP contribution in [0.25, 0.3) is 0 Å². The molecule has 0 aliphatic rings. The summed E-state index contributed by atoms with van der Waals surface area (Å²) in [6, 6.07) is 0. The van der Waals surface area contributed by atoms with Gasteiger partial charge in [0.1, 0.15) is 0 Å². The Labute approximate surface area is 117 Å². The van der Waals surface area contributed by atoms with Gasteiger partial charge in [-0.25, -0.2) is 0 Å². The van der Waals surface area contributed by atoms with E-state index in [1.54, 1.807) is 0 Å². The molecule has 0 radical (unpaired) electrons. The average Bonchev–Trinajstić information content (AvgIpc) is 2.23. The molecule has 0 heterocycles. The second-order valence-corrected chi connectivity index (χ2v) is 10.0. The highest BCUT2D eigenvalue weighted by molar-refractivity contribution is 8.60. The van der Waals surface area contributed by atoms with E-state index in [0.717, 1.165) is 25.2 Å². The van der Waals surface area contributed by atoms with E-state index < -0.39 is 5.69 Å². The van der Waals surface area contributed by atoms with E-state index in [1.807, 2.05) is 0 Å². The van der Waals surface area contributed by atoms with Crippen molar-refractivity contribution in [3.05, 3.63) is 0 Å². The first-order valence-corrected chi connectivity index (χ1v) is 10.4. The lowest BCUT2D eigenvalue weighted by atomic mass is 10.1. The van der Waals surface area contributed by atoms with Crippen LogP contribution in [0.15, 0.2) is 0 Å². The van der Waals surface area contributed by atoms with Crippen LogP contribution in [0.3, 0.4) is 0 Å². The fourth-order valence-electron chi connectivity index (χ4n) is 1.37. The fraction of sp³-hybridized carbons (Fsp3) is 1.00. The molecule has 0 rings (SSSR count). The summed E-state index contributed by atoms with van der Waals surface area (Å²) in [5.41, 5.74) is -2.26. The van der Waals surface area contributed by atoms with Gasteiger partial charge < -0.3 is 9.05 Å². The van der Waals surface area contributed by atoms with Crippen LogP contribution >= 0.6 is 17.9 Å². The summed E-state index contributed by atoms with van der Waals surface area (Å²) in [6.07, 6.45) is 6.96. The molecule has 5 heteroatoms. The number of rotatable bonds is 11. The molecule has 17 heavy (non-hydrogen) atoms. The molecular weight excluding hydrogens is 271 g/mol. The van der Waals surface area contributed by atoms with E-state index in [9.17, 15) is 0 Å². The summed E-state index contributed by atoms with van der Waals surface area (Å²) in [6.45, 7) is 7.99. The van der Waals surface area contributed by atoms with Gasteiger partial charge in [0.05, 0.1) is 13.2 Å². The third kappa shape index (κ3) is 13.2. The second kappa shape index (κ2) is 10.8. The highest BCUT2D eigenvalue weighted by atomic mass is 32.9. The van der Waals surface area contributed by atoms with Crippen LogP contribution < -0.4 is 0 Å². The van der Waals surface area contributed by atoms with Gasteiger partial charge in [-0.3, -0.25) is 0 Å². The Bertz CT molecular complexity index is 223. The number of unbranched alkanes of at least 4 members (excludes halogenated alkanes) is 3. The predicted molar refractivity (Wildman–Crippen MR) is 83.4 cm³/mol. The molecule has 104 valence electrons. The van der Waals surface area contributed by atoms with E-state index >= 15 is 0 Å². The largest absolute Gasteiger partial charge is 0.322 e. The number of hydrogen-bond donors (Lipinski definition) is 1. The van der Waals surface area contributed by atoms with E-state index in [2.05, 4.69) is 33.0 Å². The summed E-state index contributed by atoms with van der Waals surface area (Å²) < 4.78 is 11.0. The molecule has 0 aliphatic carbocycles. The van der Waals surface area contributed by atoms with Crippen molar-refractivity contribution in [3.8, 4) is 0 Å². The highest BCUT2D eigenvalue weighted by Gasteiger charge is 2.11. The first-order valence-electron chi connectivity index (χ1n) is 6.60. The summed E-state index contributed by atoms with van der Waals surface area (Å²) in [4.78, 5) is 0. The molecule has 0 N–H and O–H groups in total. The van der Waals surface area contributed by atoms with Gasteiger partial charge in [0.2, 0.25) is 5.69 Å². The van der Waals surface area contributed by atoms with Gasteiger partial charge in [-0.1, -0.05) is 58.7 Å². The molecule has 1 unspecified atom stereocenters. The number of thiol groups is 1. The summed E-state index contributed by atoms with van der Waals surface area (Å²) in [5, 5.41) is 0. The van der Waals surface area contributed by atoms with Gasteiger partial charge in [0.15, 0.2) is 0 Å².